The van der Waals surface area contributed by atoms with Gasteiger partial charge < -0.3 is 0 Å². The second-order valence-corrected chi connectivity index (χ2v) is 41.7. The lowest BCUT2D eigenvalue weighted by molar-refractivity contribution is 0.0552. The highest BCUT2D eigenvalue weighted by atomic mass is 15.3. The number of benzene rings is 8. The first-order valence-corrected chi connectivity index (χ1v) is 47.6. The first-order chi connectivity index (χ1) is 56.9. The van der Waals surface area contributed by atoms with Crippen LogP contribution in [0.2, 0.25) is 0 Å². The molecule has 8 aromatic carbocycles. The number of hydrogen-bond acceptors (Lipinski definition) is 8. The smallest absolute Gasteiger partial charge is 0.0410 e. The van der Waals surface area contributed by atoms with Crippen molar-refractivity contribution < 1.29 is 0 Å². The summed E-state index contributed by atoms with van der Waals surface area (Å²) >= 11 is 0. The van der Waals surface area contributed by atoms with Gasteiger partial charge in [-0.2, -0.15) is 0 Å². The van der Waals surface area contributed by atoms with Crippen molar-refractivity contribution in [2.45, 2.75) is 354 Å². The molecule has 8 nitrogen and oxygen atoms in total. The minimum Gasteiger partial charge on any atom is -0.296 e. The van der Waals surface area contributed by atoms with E-state index in [-0.39, 0.29) is 11.1 Å². The van der Waals surface area contributed by atoms with Crippen LogP contribution >= 0.6 is 0 Å². The summed E-state index contributed by atoms with van der Waals surface area (Å²) in [7, 11) is 0. The zero-order valence-electron chi connectivity index (χ0n) is 78.2. The predicted molar refractivity (Wildman–Crippen MR) is 505 cm³/mol. The molecule has 5 fully saturated rings. The monoisotopic (exact) mass is 1600 g/mol. The van der Waals surface area contributed by atoms with Crippen LogP contribution in [0.5, 0.6) is 0 Å². The average molecular weight is 1600 g/mol. The standard InChI is InChI=1S/C16H23N.C15H21N.2C14H19N.C14H21N.C13H17N.C13H19N.C12H17N/c1-12(2)17-11-16(9-10-16)14-8-6-5-7-13(14)15(17,3)4;1-11(2)16-10-15(8-9-15)14-7-5-4-6-13(14)12(16)3;1-11(2)15-9-12-5-3-4-6-13(12)14(10-15)7-8-14;1-10(2)15-9-11-7-8-14(15)13-6-4-3-5-12(11)13;1-11(2)15-10-9-12-7-5-6-8-13(12)14(15,3)4;1-9(2)14-8-10-7-13(14)12-6-4-3-5-11(10)12;1-10(2)14-9-8-12-6-4-5-7-13(12)11(14)3;1-10(2)13-8-7-11-5-3-4-6-12(11)9-13/h5-8,12H,9-11H2,1-4H3;4-7,11-12H,8-10H2,1-3H3;3-6,11H,7-10H2,1-2H3;3-6,10-11,14H,7-9H2,1-2H3;5-8,11H,9-10H2,1-4H3;3-6,9-10,13H,7-8H2,1-2H3;4-7,10-11H,8-9H2,1-3H3;3-6,10H,7-9H2,1-2H3. The lowest BCUT2D eigenvalue weighted by Gasteiger charge is -2.49. The maximum atomic E-state index is 2.68. The molecule has 0 amide bonds. The van der Waals surface area contributed by atoms with Crippen molar-refractivity contribution in [2.24, 2.45) is 0 Å². The maximum Gasteiger partial charge on any atom is 0.0410 e. The van der Waals surface area contributed by atoms with Gasteiger partial charge in [0.05, 0.1) is 0 Å². The van der Waals surface area contributed by atoms with Gasteiger partial charge in [0.1, 0.15) is 0 Å². The van der Waals surface area contributed by atoms with Gasteiger partial charge in [-0.05, 0) is 330 Å². The van der Waals surface area contributed by atoms with Crippen molar-refractivity contribution in [1.82, 2.24) is 39.2 Å². The molecule has 9 heterocycles. The second-order valence-electron chi connectivity index (χ2n) is 41.7. The summed E-state index contributed by atoms with van der Waals surface area (Å²) in [6.07, 6.45) is 16.1. The lowest BCUT2D eigenvalue weighted by Crippen LogP contribution is -2.53. The van der Waals surface area contributed by atoms with Gasteiger partial charge in [0, 0.05) is 165 Å². The molecule has 9 aliphatic heterocycles. The molecule has 2 saturated heterocycles. The highest BCUT2D eigenvalue weighted by Crippen LogP contribution is 2.58. The minimum absolute atomic E-state index is 0.179. The molecule has 14 aliphatic rings. The van der Waals surface area contributed by atoms with E-state index >= 15 is 0 Å². The van der Waals surface area contributed by atoms with Crippen molar-refractivity contribution in [2.75, 3.05) is 52.4 Å². The first kappa shape index (κ1) is 88.7. The van der Waals surface area contributed by atoms with Gasteiger partial charge in [-0.25, -0.2) is 0 Å². The molecule has 6 unspecified atom stereocenters. The Morgan fingerprint density at radius 3 is 1.25 bits per heavy atom. The van der Waals surface area contributed by atoms with Crippen LogP contribution in [0.1, 0.15) is 335 Å². The van der Waals surface area contributed by atoms with E-state index in [1.165, 1.54) is 157 Å². The zero-order valence-corrected chi connectivity index (χ0v) is 78.2. The summed E-state index contributed by atoms with van der Waals surface area (Å²) in [6, 6.07) is 79.6. The molecule has 8 aromatic rings. The Balaban J connectivity index is 0.000000112. The highest BCUT2D eigenvalue weighted by Gasteiger charge is 2.55. The van der Waals surface area contributed by atoms with Crippen molar-refractivity contribution in [3.05, 3.63) is 283 Å². The van der Waals surface area contributed by atoms with Crippen LogP contribution in [0.4, 0.5) is 0 Å². The second kappa shape index (κ2) is 37.1. The van der Waals surface area contributed by atoms with Crippen LogP contribution in [0.3, 0.4) is 0 Å². The Morgan fingerprint density at radius 2 is 0.681 bits per heavy atom. The van der Waals surface area contributed by atoms with Gasteiger partial charge in [0.2, 0.25) is 0 Å². The van der Waals surface area contributed by atoms with Gasteiger partial charge in [0.25, 0.3) is 0 Å². The van der Waals surface area contributed by atoms with Crippen molar-refractivity contribution in [3.63, 3.8) is 0 Å². The molecular weight excluding hydrogens is 1450 g/mol. The molecule has 4 bridgehead atoms. The first-order valence-electron chi connectivity index (χ1n) is 47.6. The molecule has 3 saturated carbocycles. The van der Waals surface area contributed by atoms with Crippen LogP contribution in [0.25, 0.3) is 0 Å². The Hall–Kier alpha value is -6.56. The van der Waals surface area contributed by atoms with E-state index in [0.29, 0.717) is 82.7 Å². The number of likely N-dealkylation sites (tertiary alicyclic amines) is 1. The third-order valence-corrected chi connectivity index (χ3v) is 31.1. The fourth-order valence-electron chi connectivity index (χ4n) is 23.7. The van der Waals surface area contributed by atoms with E-state index in [0.717, 1.165) is 31.0 Å². The van der Waals surface area contributed by atoms with Gasteiger partial charge in [-0.3, -0.25) is 39.2 Å². The topological polar surface area (TPSA) is 25.9 Å². The van der Waals surface area contributed by atoms with E-state index in [1.807, 2.05) is 0 Å². The van der Waals surface area contributed by atoms with Crippen LogP contribution in [-0.4, -0.2) is 140 Å². The Bertz CT molecular complexity index is 4640. The molecule has 0 N–H and O–H groups in total. The van der Waals surface area contributed by atoms with Gasteiger partial charge in [0.15, 0.2) is 0 Å². The summed E-state index contributed by atoms with van der Waals surface area (Å²) in [5.74, 6) is 1.62. The van der Waals surface area contributed by atoms with Crippen molar-refractivity contribution in [3.8, 4) is 0 Å². The Morgan fingerprint density at radius 1 is 0.277 bits per heavy atom. The third-order valence-electron chi connectivity index (χ3n) is 31.1. The van der Waals surface area contributed by atoms with Crippen molar-refractivity contribution in [1.29, 1.82) is 0 Å². The normalized spacial score (nSPS) is 24.5. The predicted octanol–water partition coefficient (Wildman–Crippen LogP) is 25.0. The number of nitrogens with zero attached hydrogens (tertiary/aromatic N) is 8. The molecule has 6 atom stereocenters. The molecule has 640 valence electrons. The summed E-state index contributed by atoms with van der Waals surface area (Å²) in [6.45, 7) is 63.2. The maximum absolute atomic E-state index is 2.68. The molecule has 22 rings (SSSR count). The average Bonchev–Trinajstić information content (AvgIpc) is 1.57. The molecule has 0 radical (unpaired) electrons. The van der Waals surface area contributed by atoms with Crippen LogP contribution < -0.4 is 0 Å². The molecule has 119 heavy (non-hydrogen) atoms. The highest BCUT2D eigenvalue weighted by molar-refractivity contribution is 5.48. The fourth-order valence-corrected chi connectivity index (χ4v) is 23.7. The van der Waals surface area contributed by atoms with E-state index in [2.05, 4.69) is 386 Å². The number of hydrogen-bond donors (Lipinski definition) is 0. The molecule has 3 spiro atoms. The van der Waals surface area contributed by atoms with Crippen LogP contribution in [0.15, 0.2) is 194 Å². The van der Waals surface area contributed by atoms with Crippen molar-refractivity contribution >= 4 is 0 Å². The number of rotatable bonds is 8. The fraction of sp³-hybridized carbons (Fsp3) is 0.568. The largest absolute Gasteiger partial charge is 0.296 e. The SMILES string of the molecule is CC(C)N1CC2(CC2)c2ccccc2C1(C)C.CC(C)N1CC2(CC2)c2ccccc2C1C.CC(C)N1CC2CC1c1ccccc12.CC(C)N1CC2CCC1c1ccccc12.CC(C)N1CCc2ccccc2C1.CC(C)N1CCc2ccccc2C1(C)C.CC(C)N1CCc2ccccc2C1C.CC(C)N1Cc2ccccc2C2(CC2)C1. The van der Waals surface area contributed by atoms with E-state index < -0.39 is 0 Å². The molecule has 0 aromatic heterocycles. The summed E-state index contributed by atoms with van der Waals surface area (Å²) < 4.78 is 0. The van der Waals surface area contributed by atoms with E-state index in [9.17, 15) is 0 Å². The quantitative estimate of drug-likeness (QED) is 0.149. The van der Waals surface area contributed by atoms with E-state index in [1.54, 1.807) is 61.2 Å². The van der Waals surface area contributed by atoms with Crippen LogP contribution in [0, 0.1) is 0 Å². The van der Waals surface area contributed by atoms with Gasteiger partial charge >= 0.3 is 0 Å². The molecule has 5 aliphatic carbocycles. The Kier molecular flexibility index (Phi) is 27.7. The molecular formula is C111H156N8. The Labute approximate surface area is 724 Å². The summed E-state index contributed by atoms with van der Waals surface area (Å²) in [5.41, 5.74) is 27.1. The third kappa shape index (κ3) is 18.9. The lowest BCUT2D eigenvalue weighted by atomic mass is 9.74. The molecule has 8 heteroatoms. The number of piperidine rings is 1. The number of fused-ring (bicyclic) bond motifs is 16. The van der Waals surface area contributed by atoms with Crippen LogP contribution in [-0.2, 0) is 59.7 Å². The summed E-state index contributed by atoms with van der Waals surface area (Å²) in [5, 5.41) is 0. The zero-order chi connectivity index (χ0) is 84.6. The van der Waals surface area contributed by atoms with Gasteiger partial charge in [-0.15, -0.1) is 0 Å². The minimum atomic E-state index is 0.179. The summed E-state index contributed by atoms with van der Waals surface area (Å²) in [4.78, 5) is 21.0. The van der Waals surface area contributed by atoms with Gasteiger partial charge in [-0.1, -0.05) is 194 Å². The van der Waals surface area contributed by atoms with E-state index in [4.69, 9.17) is 0 Å².